The zero-order chi connectivity index (χ0) is 18.3. The Morgan fingerprint density at radius 2 is 2.00 bits per heavy atom. The first-order valence-electron chi connectivity index (χ1n) is 8.20. The molecule has 5 nitrogen and oxygen atoms in total. The molecule has 1 heterocycles. The second kappa shape index (κ2) is 9.11. The van der Waals surface area contributed by atoms with Crippen LogP contribution in [0.1, 0.15) is 41.8 Å². The lowest BCUT2D eigenvalue weighted by Crippen LogP contribution is -2.40. The lowest BCUT2D eigenvalue weighted by molar-refractivity contribution is 0.459. The van der Waals surface area contributed by atoms with Crippen LogP contribution in [-0.2, 0) is 16.6 Å². The molecule has 1 N–H and O–H groups in total. The van der Waals surface area contributed by atoms with E-state index in [0.29, 0.717) is 0 Å². The van der Waals surface area contributed by atoms with Crippen LogP contribution in [0.25, 0.3) is 0 Å². The van der Waals surface area contributed by atoms with E-state index in [4.69, 9.17) is 5.26 Å². The van der Waals surface area contributed by atoms with E-state index >= 15 is 0 Å². The van der Waals surface area contributed by atoms with Crippen molar-refractivity contribution in [1.29, 1.82) is 5.26 Å². The van der Waals surface area contributed by atoms with Crippen molar-refractivity contribution >= 4 is 21.5 Å². The molecule has 0 fully saturated rings. The maximum absolute atomic E-state index is 12.6. The maximum atomic E-state index is 12.6. The van der Waals surface area contributed by atoms with E-state index in [1.54, 1.807) is 0 Å². The molecule has 0 aliphatic rings. The number of benzene rings is 1. The average molecular weight is 378 g/mol. The molecule has 25 heavy (non-hydrogen) atoms. The summed E-state index contributed by atoms with van der Waals surface area (Å²) in [5.41, 5.74) is 2.14. The van der Waals surface area contributed by atoms with Crippen LogP contribution in [0.15, 0.2) is 41.8 Å². The Morgan fingerprint density at radius 1 is 1.28 bits per heavy atom. The number of nitrogens with one attached hydrogen (secondary N) is 1. The van der Waals surface area contributed by atoms with Gasteiger partial charge in [0.05, 0.1) is 12.1 Å². The van der Waals surface area contributed by atoms with Gasteiger partial charge in [-0.3, -0.25) is 0 Å². The van der Waals surface area contributed by atoms with Gasteiger partial charge in [-0.05, 0) is 29.0 Å². The number of aryl methyl sites for hydroxylation is 1. The molecule has 0 amide bonds. The van der Waals surface area contributed by atoms with Crippen molar-refractivity contribution in [3.63, 3.8) is 0 Å². The van der Waals surface area contributed by atoms with Crippen molar-refractivity contribution < 1.29 is 8.42 Å². The molecule has 0 saturated carbocycles. The number of hydrogen-bond donors (Lipinski definition) is 1. The van der Waals surface area contributed by atoms with Gasteiger partial charge in [0.15, 0.2) is 0 Å². The van der Waals surface area contributed by atoms with E-state index in [1.807, 2.05) is 47.8 Å². The summed E-state index contributed by atoms with van der Waals surface area (Å²) in [6, 6.07) is 13.4. The third-order valence-corrected chi connectivity index (χ3v) is 6.37. The van der Waals surface area contributed by atoms with Crippen LogP contribution in [0.4, 0.5) is 0 Å². The molecule has 0 bridgehead atoms. The number of hydrogen-bond acceptors (Lipinski definition) is 4. The summed E-state index contributed by atoms with van der Waals surface area (Å²) in [6.07, 6.45) is 2.24. The molecule has 0 saturated heterocycles. The molecule has 0 radical (unpaired) electrons. The first kappa shape index (κ1) is 19.6. The monoisotopic (exact) mass is 377 g/mol. The first-order chi connectivity index (χ1) is 12.0. The molecule has 1 atom stereocenters. The van der Waals surface area contributed by atoms with Gasteiger partial charge >= 0.3 is 0 Å². The second-order valence-electron chi connectivity index (χ2n) is 5.79. The first-order valence-corrected chi connectivity index (χ1v) is 10.5. The molecule has 1 aromatic heterocycles. The van der Waals surface area contributed by atoms with Gasteiger partial charge in [-0.1, -0.05) is 43.7 Å². The van der Waals surface area contributed by atoms with Gasteiger partial charge in [0.2, 0.25) is 0 Å². The van der Waals surface area contributed by atoms with Crippen LogP contribution in [0, 0.1) is 11.3 Å². The third-order valence-electron chi connectivity index (χ3n) is 3.90. The van der Waals surface area contributed by atoms with Gasteiger partial charge in [0.25, 0.3) is 10.2 Å². The van der Waals surface area contributed by atoms with Crippen LogP contribution in [-0.4, -0.2) is 26.3 Å². The SMILES string of the molecule is CCCc1ccc(C(NS(=O)(=O)N(C)CCC#N)c2cccs2)cc1. The van der Waals surface area contributed by atoms with E-state index in [-0.39, 0.29) is 13.0 Å². The number of rotatable bonds is 9. The predicted octanol–water partition coefficient (Wildman–Crippen LogP) is 3.47. The summed E-state index contributed by atoms with van der Waals surface area (Å²) >= 11 is 1.51. The predicted molar refractivity (Wildman–Crippen MR) is 102 cm³/mol. The molecular weight excluding hydrogens is 354 g/mol. The summed E-state index contributed by atoms with van der Waals surface area (Å²) in [5, 5.41) is 10.6. The molecule has 7 heteroatoms. The van der Waals surface area contributed by atoms with Crippen LogP contribution in [0.5, 0.6) is 0 Å². The van der Waals surface area contributed by atoms with Crippen molar-refractivity contribution in [1.82, 2.24) is 9.03 Å². The summed E-state index contributed by atoms with van der Waals surface area (Å²) < 4.78 is 29.1. The lowest BCUT2D eigenvalue weighted by Gasteiger charge is -2.23. The fourth-order valence-electron chi connectivity index (χ4n) is 2.48. The van der Waals surface area contributed by atoms with Gasteiger partial charge in [0.1, 0.15) is 0 Å². The van der Waals surface area contributed by atoms with Crippen LogP contribution in [0.2, 0.25) is 0 Å². The van der Waals surface area contributed by atoms with Gasteiger partial charge in [-0.15, -0.1) is 11.3 Å². The fourth-order valence-corrected chi connectivity index (χ4v) is 4.43. The van der Waals surface area contributed by atoms with Crippen molar-refractivity contribution in [2.75, 3.05) is 13.6 Å². The van der Waals surface area contributed by atoms with Crippen LogP contribution < -0.4 is 4.72 Å². The second-order valence-corrected chi connectivity index (χ2v) is 8.58. The normalized spacial score (nSPS) is 12.9. The smallest absolute Gasteiger partial charge is 0.198 e. The molecule has 2 rings (SSSR count). The largest absolute Gasteiger partial charge is 0.280 e. The number of nitrogens with zero attached hydrogens (tertiary/aromatic N) is 2. The van der Waals surface area contributed by atoms with Gasteiger partial charge in [-0.25, -0.2) is 0 Å². The quantitative estimate of drug-likeness (QED) is 0.727. The fraction of sp³-hybridized carbons (Fsp3) is 0.389. The van der Waals surface area contributed by atoms with Crippen molar-refractivity contribution in [3.8, 4) is 6.07 Å². The Labute approximate surface area is 154 Å². The number of thiophene rings is 1. The lowest BCUT2D eigenvalue weighted by atomic mass is 10.0. The third kappa shape index (κ3) is 5.38. The van der Waals surface area contributed by atoms with Crippen molar-refractivity contribution in [2.24, 2.45) is 0 Å². The molecular formula is C18H23N3O2S2. The van der Waals surface area contributed by atoms with Gasteiger partial charge < -0.3 is 0 Å². The Hall–Kier alpha value is -1.72. The zero-order valence-electron chi connectivity index (χ0n) is 14.5. The van der Waals surface area contributed by atoms with Crippen molar-refractivity contribution in [3.05, 3.63) is 57.8 Å². The molecule has 0 aliphatic heterocycles. The summed E-state index contributed by atoms with van der Waals surface area (Å²) in [4.78, 5) is 0.931. The highest BCUT2D eigenvalue weighted by Gasteiger charge is 2.25. The summed E-state index contributed by atoms with van der Waals surface area (Å²) in [6.45, 7) is 2.30. The van der Waals surface area contributed by atoms with E-state index in [9.17, 15) is 8.42 Å². The highest BCUT2D eigenvalue weighted by molar-refractivity contribution is 7.87. The minimum Gasteiger partial charge on any atom is -0.198 e. The Bertz CT molecular complexity index is 794. The van der Waals surface area contributed by atoms with Crippen molar-refractivity contribution in [2.45, 2.75) is 32.2 Å². The Morgan fingerprint density at radius 3 is 2.56 bits per heavy atom. The number of nitriles is 1. The maximum Gasteiger partial charge on any atom is 0.280 e. The minimum atomic E-state index is -3.69. The van der Waals surface area contributed by atoms with E-state index < -0.39 is 16.3 Å². The molecule has 2 aromatic rings. The highest BCUT2D eigenvalue weighted by Crippen LogP contribution is 2.27. The topological polar surface area (TPSA) is 73.2 Å². The highest BCUT2D eigenvalue weighted by atomic mass is 32.2. The van der Waals surface area contributed by atoms with Gasteiger partial charge in [-0.2, -0.15) is 22.7 Å². The van der Waals surface area contributed by atoms with Crippen LogP contribution >= 0.6 is 11.3 Å². The van der Waals surface area contributed by atoms with Crippen LogP contribution in [0.3, 0.4) is 0 Å². The molecule has 0 aliphatic carbocycles. The molecule has 0 spiro atoms. The summed E-state index contributed by atoms with van der Waals surface area (Å²) in [7, 11) is -2.21. The van der Waals surface area contributed by atoms with Gasteiger partial charge in [0, 0.05) is 24.9 Å². The van der Waals surface area contributed by atoms with E-state index in [1.165, 1.54) is 28.3 Å². The Balaban J connectivity index is 2.27. The molecule has 1 aromatic carbocycles. The minimum absolute atomic E-state index is 0.160. The van der Waals surface area contributed by atoms with E-state index in [0.717, 1.165) is 23.3 Å². The Kier molecular flexibility index (Phi) is 7.14. The summed E-state index contributed by atoms with van der Waals surface area (Å²) in [5.74, 6) is 0. The average Bonchev–Trinajstić information content (AvgIpc) is 3.13. The molecule has 134 valence electrons. The molecule has 1 unspecified atom stereocenters. The standard InChI is InChI=1S/C18H23N3O2S2/c1-3-6-15-8-10-16(11-9-15)18(17-7-4-14-24-17)20-25(22,23)21(2)13-5-12-19/h4,7-11,14,18,20H,3,5-6,13H2,1-2H3. The van der Waals surface area contributed by atoms with E-state index in [2.05, 4.69) is 11.6 Å². The zero-order valence-corrected chi connectivity index (χ0v) is 16.1.